The van der Waals surface area contributed by atoms with E-state index in [2.05, 4.69) is 24.3 Å². The van der Waals surface area contributed by atoms with Crippen molar-refractivity contribution in [2.24, 2.45) is 5.92 Å². The molecule has 0 aliphatic rings. The summed E-state index contributed by atoms with van der Waals surface area (Å²) < 4.78 is 1.49. The van der Waals surface area contributed by atoms with E-state index in [0.29, 0.717) is 12.5 Å². The number of nitrogens with zero attached hydrogens (tertiary/aromatic N) is 2. The Bertz CT molecular complexity index is 343. The van der Waals surface area contributed by atoms with Gasteiger partial charge in [-0.3, -0.25) is 4.79 Å². The summed E-state index contributed by atoms with van der Waals surface area (Å²) in [6.45, 7) is 7.58. The fourth-order valence-corrected chi connectivity index (χ4v) is 1.22. The first-order valence-corrected chi connectivity index (χ1v) is 4.94. The molecule has 0 fully saturated rings. The quantitative estimate of drug-likeness (QED) is 0.788. The number of nitrogens with one attached hydrogen (secondary N) is 1. The summed E-state index contributed by atoms with van der Waals surface area (Å²) in [7, 11) is 0. The summed E-state index contributed by atoms with van der Waals surface area (Å²) >= 11 is 0. The van der Waals surface area contributed by atoms with Crippen LogP contribution in [-0.4, -0.2) is 16.3 Å². The molecule has 1 heterocycles. The van der Waals surface area contributed by atoms with Crippen LogP contribution in [0.4, 0.5) is 5.69 Å². The molecule has 1 aromatic heterocycles. The van der Waals surface area contributed by atoms with Crippen LogP contribution in [0.2, 0.25) is 0 Å². The molecule has 0 unspecified atom stereocenters. The van der Waals surface area contributed by atoms with Crippen molar-refractivity contribution in [3.05, 3.63) is 22.6 Å². The number of aromatic nitrogens is 2. The summed E-state index contributed by atoms with van der Waals surface area (Å²) in [5, 5.41) is 7.13. The smallest absolute Gasteiger partial charge is 0.268 e. The molecule has 4 heteroatoms. The fourth-order valence-electron chi connectivity index (χ4n) is 1.22. The molecule has 0 saturated heterocycles. The Morgan fingerprint density at radius 1 is 1.57 bits per heavy atom. The molecule has 0 saturated carbocycles. The van der Waals surface area contributed by atoms with E-state index in [1.165, 1.54) is 4.68 Å². The van der Waals surface area contributed by atoms with Crippen LogP contribution in [0.3, 0.4) is 0 Å². The zero-order chi connectivity index (χ0) is 10.6. The first kappa shape index (κ1) is 10.8. The Morgan fingerprint density at radius 3 is 2.79 bits per heavy atom. The van der Waals surface area contributed by atoms with Crippen LogP contribution in [0.5, 0.6) is 0 Å². The van der Waals surface area contributed by atoms with Crippen molar-refractivity contribution in [1.82, 2.24) is 9.78 Å². The summed E-state index contributed by atoms with van der Waals surface area (Å²) in [5.41, 5.74) is 0.745. The molecule has 0 aromatic carbocycles. The Labute approximate surface area is 84.0 Å². The second-order valence-corrected chi connectivity index (χ2v) is 3.69. The van der Waals surface area contributed by atoms with Gasteiger partial charge in [0.25, 0.3) is 5.56 Å². The topological polar surface area (TPSA) is 46.9 Å². The van der Waals surface area contributed by atoms with Crippen LogP contribution in [0, 0.1) is 5.92 Å². The highest BCUT2D eigenvalue weighted by Gasteiger charge is 2.01. The van der Waals surface area contributed by atoms with Crippen molar-refractivity contribution in [1.29, 1.82) is 0 Å². The number of rotatable bonds is 4. The lowest BCUT2D eigenvalue weighted by Crippen LogP contribution is -2.24. The average Bonchev–Trinajstić information content (AvgIpc) is 2.10. The van der Waals surface area contributed by atoms with E-state index < -0.39 is 0 Å². The molecule has 0 radical (unpaired) electrons. The van der Waals surface area contributed by atoms with Gasteiger partial charge < -0.3 is 5.32 Å². The number of anilines is 1. The van der Waals surface area contributed by atoms with Gasteiger partial charge in [0.15, 0.2) is 0 Å². The Hall–Kier alpha value is -1.32. The van der Waals surface area contributed by atoms with Crippen LogP contribution in [0.1, 0.15) is 20.8 Å². The largest absolute Gasteiger partial charge is 0.384 e. The molecule has 14 heavy (non-hydrogen) atoms. The van der Waals surface area contributed by atoms with E-state index >= 15 is 0 Å². The molecule has 4 nitrogen and oxygen atoms in total. The highest BCUT2D eigenvalue weighted by Crippen LogP contribution is 2.00. The van der Waals surface area contributed by atoms with Gasteiger partial charge in [0.1, 0.15) is 0 Å². The highest BCUT2D eigenvalue weighted by atomic mass is 16.1. The Morgan fingerprint density at radius 2 is 2.29 bits per heavy atom. The average molecular weight is 195 g/mol. The monoisotopic (exact) mass is 195 g/mol. The van der Waals surface area contributed by atoms with E-state index in [0.717, 1.165) is 12.2 Å². The third-order valence-corrected chi connectivity index (χ3v) is 1.79. The standard InChI is InChI=1S/C10H17N3O/c1-4-11-9-5-10(14)13(12-6-9)7-8(2)3/h5-6,8,11H,4,7H2,1-3H3. The molecule has 0 aliphatic heterocycles. The van der Waals surface area contributed by atoms with Crippen LogP contribution in [0.15, 0.2) is 17.1 Å². The predicted octanol–water partition coefficient (Wildman–Crippen LogP) is 1.33. The first-order chi connectivity index (χ1) is 6.63. The maximum absolute atomic E-state index is 11.5. The van der Waals surface area contributed by atoms with Crippen LogP contribution >= 0.6 is 0 Å². The molecule has 0 amide bonds. The lowest BCUT2D eigenvalue weighted by atomic mass is 10.2. The van der Waals surface area contributed by atoms with Crippen molar-refractivity contribution in [2.75, 3.05) is 11.9 Å². The SMILES string of the molecule is CCNc1cnn(CC(C)C)c(=O)c1. The summed E-state index contributed by atoms with van der Waals surface area (Å²) in [6.07, 6.45) is 1.69. The van der Waals surface area contributed by atoms with E-state index in [-0.39, 0.29) is 5.56 Å². The molecule has 0 spiro atoms. The van der Waals surface area contributed by atoms with Crippen molar-refractivity contribution in [3.8, 4) is 0 Å². The van der Waals surface area contributed by atoms with E-state index in [1.807, 2.05) is 6.92 Å². The highest BCUT2D eigenvalue weighted by molar-refractivity contribution is 5.38. The van der Waals surface area contributed by atoms with Gasteiger partial charge in [-0.25, -0.2) is 4.68 Å². The van der Waals surface area contributed by atoms with Crippen LogP contribution < -0.4 is 10.9 Å². The second kappa shape index (κ2) is 4.79. The minimum absolute atomic E-state index is 0.0443. The maximum atomic E-state index is 11.5. The molecule has 0 aliphatic carbocycles. The lowest BCUT2D eigenvalue weighted by Gasteiger charge is -2.08. The maximum Gasteiger partial charge on any atom is 0.268 e. The molecule has 1 rings (SSSR count). The van der Waals surface area contributed by atoms with Gasteiger partial charge in [0, 0.05) is 19.2 Å². The van der Waals surface area contributed by atoms with Crippen molar-refractivity contribution in [2.45, 2.75) is 27.3 Å². The van der Waals surface area contributed by atoms with Gasteiger partial charge >= 0.3 is 0 Å². The van der Waals surface area contributed by atoms with Gasteiger partial charge in [-0.05, 0) is 12.8 Å². The zero-order valence-corrected chi connectivity index (χ0v) is 8.95. The molecule has 0 atom stereocenters. The van der Waals surface area contributed by atoms with E-state index in [1.54, 1.807) is 12.3 Å². The van der Waals surface area contributed by atoms with Crippen molar-refractivity contribution in [3.63, 3.8) is 0 Å². The molecule has 0 bridgehead atoms. The molecule has 1 aromatic rings. The number of hydrogen-bond acceptors (Lipinski definition) is 3. The fraction of sp³-hybridized carbons (Fsp3) is 0.600. The van der Waals surface area contributed by atoms with Crippen LogP contribution in [0.25, 0.3) is 0 Å². The third kappa shape index (κ3) is 2.87. The van der Waals surface area contributed by atoms with Gasteiger partial charge in [0.2, 0.25) is 0 Å². The van der Waals surface area contributed by atoms with Crippen LogP contribution in [-0.2, 0) is 6.54 Å². The van der Waals surface area contributed by atoms with Gasteiger partial charge in [0.05, 0.1) is 11.9 Å². The molecule has 78 valence electrons. The second-order valence-electron chi connectivity index (χ2n) is 3.69. The van der Waals surface area contributed by atoms with Gasteiger partial charge in [-0.1, -0.05) is 13.8 Å². The van der Waals surface area contributed by atoms with Gasteiger partial charge in [-0.2, -0.15) is 5.10 Å². The first-order valence-electron chi connectivity index (χ1n) is 4.94. The van der Waals surface area contributed by atoms with E-state index in [9.17, 15) is 4.79 Å². The zero-order valence-electron chi connectivity index (χ0n) is 8.95. The minimum atomic E-state index is -0.0443. The summed E-state index contributed by atoms with van der Waals surface area (Å²) in [5.74, 6) is 0.435. The third-order valence-electron chi connectivity index (χ3n) is 1.79. The number of hydrogen-bond donors (Lipinski definition) is 1. The summed E-state index contributed by atoms with van der Waals surface area (Å²) in [6, 6.07) is 1.58. The molecular formula is C10H17N3O. The predicted molar refractivity (Wildman–Crippen MR) is 57.5 cm³/mol. The van der Waals surface area contributed by atoms with Gasteiger partial charge in [-0.15, -0.1) is 0 Å². The molecular weight excluding hydrogens is 178 g/mol. The van der Waals surface area contributed by atoms with Crippen molar-refractivity contribution >= 4 is 5.69 Å². The Kier molecular flexibility index (Phi) is 3.68. The summed E-state index contributed by atoms with van der Waals surface area (Å²) in [4.78, 5) is 11.5. The van der Waals surface area contributed by atoms with Crippen molar-refractivity contribution < 1.29 is 0 Å². The lowest BCUT2D eigenvalue weighted by molar-refractivity contribution is 0.464. The molecule has 1 N–H and O–H groups in total. The Balaban J connectivity index is 2.85. The van der Waals surface area contributed by atoms with E-state index in [4.69, 9.17) is 0 Å². The minimum Gasteiger partial charge on any atom is -0.384 e. The normalized spacial score (nSPS) is 10.6.